The van der Waals surface area contributed by atoms with E-state index in [9.17, 15) is 0 Å². The van der Waals surface area contributed by atoms with E-state index in [2.05, 4.69) is 64.1 Å². The van der Waals surface area contributed by atoms with Gasteiger partial charge in [-0.2, -0.15) is 0 Å². The van der Waals surface area contributed by atoms with Gasteiger partial charge in [0.15, 0.2) is 0 Å². The predicted octanol–water partition coefficient (Wildman–Crippen LogP) is 8.27. The van der Waals surface area contributed by atoms with Gasteiger partial charge < -0.3 is 20.9 Å². The molecule has 0 saturated heterocycles. The van der Waals surface area contributed by atoms with Crippen LogP contribution < -0.4 is 20.9 Å². The van der Waals surface area contributed by atoms with Crippen LogP contribution in [0.1, 0.15) is 61.8 Å². The maximum Gasteiger partial charge on any atom is 0.130 e. The molecule has 0 aliphatic heterocycles. The number of rotatable bonds is 8. The molecule has 4 aromatic carbocycles. The van der Waals surface area contributed by atoms with Gasteiger partial charge in [0.2, 0.25) is 0 Å². The quantitative estimate of drug-likeness (QED) is 0.256. The molecule has 0 saturated carbocycles. The van der Waals surface area contributed by atoms with Gasteiger partial charge in [0.25, 0.3) is 0 Å². The Labute approximate surface area is 208 Å². The third-order valence-corrected chi connectivity index (χ3v) is 6.10. The Hall–Kier alpha value is -3.92. The van der Waals surface area contributed by atoms with Gasteiger partial charge in [-0.05, 0) is 94.8 Å². The van der Waals surface area contributed by atoms with Crippen molar-refractivity contribution in [3.8, 4) is 23.0 Å². The van der Waals surface area contributed by atoms with E-state index < -0.39 is 0 Å². The van der Waals surface area contributed by atoms with Gasteiger partial charge in [0, 0.05) is 17.8 Å². The van der Waals surface area contributed by atoms with Crippen LogP contribution in [0.4, 0.5) is 11.4 Å². The van der Waals surface area contributed by atoms with Crippen LogP contribution in [0.3, 0.4) is 0 Å². The highest BCUT2D eigenvalue weighted by molar-refractivity contribution is 5.50. The van der Waals surface area contributed by atoms with Gasteiger partial charge in [-0.3, -0.25) is 0 Å². The minimum absolute atomic E-state index is 0.409. The Kier molecular flexibility index (Phi) is 7.31. The van der Waals surface area contributed by atoms with Crippen LogP contribution in [0.5, 0.6) is 23.0 Å². The Morgan fingerprint density at radius 3 is 1.26 bits per heavy atom. The topological polar surface area (TPSA) is 70.5 Å². The predicted molar refractivity (Wildman–Crippen MR) is 146 cm³/mol. The molecule has 4 heteroatoms. The van der Waals surface area contributed by atoms with E-state index in [-0.39, 0.29) is 0 Å². The maximum atomic E-state index is 6.31. The lowest BCUT2D eigenvalue weighted by atomic mass is 9.94. The minimum Gasteiger partial charge on any atom is -0.457 e. The van der Waals surface area contributed by atoms with Crippen LogP contribution >= 0.6 is 0 Å². The summed E-state index contributed by atoms with van der Waals surface area (Å²) in [6.07, 6.45) is 0.676. The molecule has 4 aromatic rings. The van der Waals surface area contributed by atoms with E-state index in [1.165, 1.54) is 11.1 Å². The average molecular weight is 467 g/mol. The Morgan fingerprint density at radius 2 is 0.914 bits per heavy atom. The standard InChI is InChI=1S/C31H34N2O2/c1-20(2)22-5-15-30(34-28-11-7-26(32)8-12-28)24(17-22)19-25-18-23(21(3)4)6-16-31(25)35-29-13-9-27(33)10-14-29/h5-18,20-21H,19,32-33H2,1-4H3. The van der Waals surface area contributed by atoms with Gasteiger partial charge in [0.1, 0.15) is 23.0 Å². The number of nitrogens with two attached hydrogens (primary N) is 2. The number of ether oxygens (including phenoxy) is 2. The fourth-order valence-corrected chi connectivity index (χ4v) is 3.92. The molecule has 35 heavy (non-hydrogen) atoms. The van der Waals surface area contributed by atoms with Crippen LogP contribution in [0.15, 0.2) is 84.9 Å². The molecule has 0 amide bonds. The van der Waals surface area contributed by atoms with Crippen LogP contribution in [0.25, 0.3) is 0 Å². The van der Waals surface area contributed by atoms with Crippen molar-refractivity contribution in [2.75, 3.05) is 11.5 Å². The van der Waals surface area contributed by atoms with E-state index in [0.29, 0.717) is 29.6 Å². The Balaban J connectivity index is 1.73. The third-order valence-electron chi connectivity index (χ3n) is 6.10. The van der Waals surface area contributed by atoms with E-state index in [1.807, 2.05) is 48.5 Å². The van der Waals surface area contributed by atoms with Gasteiger partial charge in [-0.25, -0.2) is 0 Å². The van der Waals surface area contributed by atoms with Crippen molar-refractivity contribution >= 4 is 11.4 Å². The molecule has 0 unspecified atom stereocenters. The van der Waals surface area contributed by atoms with Crippen molar-refractivity contribution in [2.24, 2.45) is 0 Å². The third kappa shape index (κ3) is 6.15. The number of anilines is 2. The summed E-state index contributed by atoms with van der Waals surface area (Å²) in [7, 11) is 0. The van der Waals surface area contributed by atoms with Crippen LogP contribution in [-0.2, 0) is 6.42 Å². The highest BCUT2D eigenvalue weighted by Crippen LogP contribution is 2.35. The molecular weight excluding hydrogens is 432 g/mol. The van der Waals surface area contributed by atoms with Crippen LogP contribution in [0, 0.1) is 0 Å². The zero-order chi connectivity index (χ0) is 24.9. The smallest absolute Gasteiger partial charge is 0.130 e. The normalized spacial score (nSPS) is 11.1. The van der Waals surface area contributed by atoms with E-state index >= 15 is 0 Å². The monoisotopic (exact) mass is 466 g/mol. The summed E-state index contributed by atoms with van der Waals surface area (Å²) in [5.74, 6) is 3.98. The molecule has 0 bridgehead atoms. The van der Waals surface area contributed by atoms with Gasteiger partial charge in [-0.15, -0.1) is 0 Å². The van der Waals surface area contributed by atoms with Crippen molar-refractivity contribution in [1.29, 1.82) is 0 Å². The molecule has 0 spiro atoms. The summed E-state index contributed by atoms with van der Waals surface area (Å²) in [6, 6.07) is 27.9. The van der Waals surface area contributed by atoms with Gasteiger partial charge in [0.05, 0.1) is 0 Å². The van der Waals surface area contributed by atoms with Gasteiger partial charge >= 0.3 is 0 Å². The van der Waals surface area contributed by atoms with E-state index in [4.69, 9.17) is 20.9 Å². The SMILES string of the molecule is CC(C)c1ccc(Oc2ccc(N)cc2)c(Cc2cc(C(C)C)ccc2Oc2ccc(N)cc2)c1. The summed E-state index contributed by atoms with van der Waals surface area (Å²) in [5.41, 5.74) is 17.9. The van der Waals surface area contributed by atoms with Crippen LogP contribution in [0.2, 0.25) is 0 Å². The fraction of sp³-hybridized carbons (Fsp3) is 0.226. The molecule has 0 fully saturated rings. The highest BCUT2D eigenvalue weighted by atomic mass is 16.5. The summed E-state index contributed by atoms with van der Waals surface area (Å²) < 4.78 is 12.6. The Bertz CT molecular complexity index is 1180. The molecule has 4 rings (SSSR count). The fourth-order valence-electron chi connectivity index (χ4n) is 3.92. The zero-order valence-corrected chi connectivity index (χ0v) is 20.9. The van der Waals surface area contributed by atoms with Crippen molar-refractivity contribution in [1.82, 2.24) is 0 Å². The van der Waals surface area contributed by atoms with Crippen molar-refractivity contribution in [3.05, 3.63) is 107 Å². The first kappa shape index (κ1) is 24.2. The van der Waals surface area contributed by atoms with Crippen LogP contribution in [-0.4, -0.2) is 0 Å². The molecule has 180 valence electrons. The zero-order valence-electron chi connectivity index (χ0n) is 20.9. The molecule has 0 aromatic heterocycles. The molecule has 0 atom stereocenters. The molecule has 0 aliphatic carbocycles. The molecule has 0 heterocycles. The van der Waals surface area contributed by atoms with Crippen molar-refractivity contribution in [2.45, 2.75) is 46.0 Å². The second-order valence-electron chi connectivity index (χ2n) is 9.56. The van der Waals surface area contributed by atoms with Crippen molar-refractivity contribution in [3.63, 3.8) is 0 Å². The van der Waals surface area contributed by atoms with Gasteiger partial charge in [-0.1, -0.05) is 52.0 Å². The van der Waals surface area contributed by atoms with E-state index in [1.54, 1.807) is 0 Å². The molecule has 0 radical (unpaired) electrons. The lowest BCUT2D eigenvalue weighted by Crippen LogP contribution is -2.01. The summed E-state index contributed by atoms with van der Waals surface area (Å²) in [5, 5.41) is 0. The summed E-state index contributed by atoms with van der Waals surface area (Å²) in [6.45, 7) is 8.81. The largest absolute Gasteiger partial charge is 0.457 e. The molecule has 0 aliphatic rings. The summed E-state index contributed by atoms with van der Waals surface area (Å²) in [4.78, 5) is 0. The number of nitrogen functional groups attached to an aromatic ring is 2. The number of hydrogen-bond donors (Lipinski definition) is 2. The first-order valence-corrected chi connectivity index (χ1v) is 12.1. The molecular formula is C31H34N2O2. The highest BCUT2D eigenvalue weighted by Gasteiger charge is 2.15. The second kappa shape index (κ2) is 10.6. The first-order valence-electron chi connectivity index (χ1n) is 12.1. The van der Waals surface area contributed by atoms with E-state index in [0.717, 1.165) is 34.1 Å². The molecule has 4 nitrogen and oxygen atoms in total. The first-order chi connectivity index (χ1) is 16.8. The minimum atomic E-state index is 0.409. The number of hydrogen-bond acceptors (Lipinski definition) is 4. The maximum absolute atomic E-state index is 6.31. The Morgan fingerprint density at radius 1 is 0.543 bits per heavy atom. The lowest BCUT2D eigenvalue weighted by molar-refractivity contribution is 0.471. The van der Waals surface area contributed by atoms with Crippen molar-refractivity contribution < 1.29 is 9.47 Å². The lowest BCUT2D eigenvalue weighted by Gasteiger charge is -2.18. The second-order valence-corrected chi connectivity index (χ2v) is 9.56. The summed E-state index contributed by atoms with van der Waals surface area (Å²) >= 11 is 0. The number of benzene rings is 4. The molecule has 4 N–H and O–H groups in total. The average Bonchev–Trinajstić information content (AvgIpc) is 2.83.